The lowest BCUT2D eigenvalue weighted by Crippen LogP contribution is -2.12. The molecule has 0 spiro atoms. The predicted octanol–water partition coefficient (Wildman–Crippen LogP) is 4.52. The Hall–Kier alpha value is -2.62. The molecule has 0 fully saturated rings. The van der Waals surface area contributed by atoms with Gasteiger partial charge in [0.05, 0.1) is 11.9 Å². The predicted molar refractivity (Wildman–Crippen MR) is 100 cm³/mol. The van der Waals surface area contributed by atoms with E-state index in [0.29, 0.717) is 11.3 Å². The minimum atomic E-state index is -0.106. The molecule has 0 radical (unpaired) electrons. The molecule has 1 aromatic carbocycles. The first kappa shape index (κ1) is 17.7. The van der Waals surface area contributed by atoms with Crippen LogP contribution in [-0.4, -0.2) is 10.9 Å². The Bertz CT molecular complexity index is 738. The summed E-state index contributed by atoms with van der Waals surface area (Å²) < 4.78 is 0. The van der Waals surface area contributed by atoms with Gasteiger partial charge in [0.1, 0.15) is 5.82 Å². The summed E-state index contributed by atoms with van der Waals surface area (Å²) in [6.07, 6.45) is 3.45. The van der Waals surface area contributed by atoms with Crippen molar-refractivity contribution in [2.24, 2.45) is 0 Å². The van der Waals surface area contributed by atoms with Crippen LogP contribution in [-0.2, 0) is 11.3 Å². The van der Waals surface area contributed by atoms with Crippen molar-refractivity contribution in [3.05, 3.63) is 64.4 Å². The van der Waals surface area contributed by atoms with E-state index in [-0.39, 0.29) is 5.91 Å². The van der Waals surface area contributed by atoms with Gasteiger partial charge in [-0.2, -0.15) is 0 Å². The van der Waals surface area contributed by atoms with E-state index < -0.39 is 0 Å². The van der Waals surface area contributed by atoms with E-state index in [1.54, 1.807) is 19.2 Å². The van der Waals surface area contributed by atoms with Gasteiger partial charge < -0.3 is 10.6 Å². The third-order valence-electron chi connectivity index (χ3n) is 4.10. The van der Waals surface area contributed by atoms with E-state index in [4.69, 9.17) is 0 Å². The lowest BCUT2D eigenvalue weighted by Gasteiger charge is -2.13. The van der Waals surface area contributed by atoms with Gasteiger partial charge in [-0.15, -0.1) is 0 Å². The van der Waals surface area contributed by atoms with Crippen molar-refractivity contribution in [3.8, 4) is 0 Å². The highest BCUT2D eigenvalue weighted by Crippen LogP contribution is 2.18. The fourth-order valence-electron chi connectivity index (χ4n) is 2.60. The molecule has 0 saturated carbocycles. The molecule has 4 heteroatoms. The molecular weight excluding hydrogens is 298 g/mol. The van der Waals surface area contributed by atoms with Gasteiger partial charge in [-0.1, -0.05) is 23.8 Å². The van der Waals surface area contributed by atoms with Crippen molar-refractivity contribution < 1.29 is 4.79 Å². The Balaban J connectivity index is 2.01. The summed E-state index contributed by atoms with van der Waals surface area (Å²) >= 11 is 0. The van der Waals surface area contributed by atoms with Crippen LogP contribution in [0, 0.1) is 20.8 Å². The van der Waals surface area contributed by atoms with Gasteiger partial charge in [0.2, 0.25) is 0 Å². The van der Waals surface area contributed by atoms with Gasteiger partial charge in [-0.25, -0.2) is 4.98 Å². The molecule has 1 heterocycles. The number of benzene rings is 1. The van der Waals surface area contributed by atoms with Crippen molar-refractivity contribution in [3.63, 3.8) is 0 Å². The smallest absolute Gasteiger partial charge is 0.251 e. The van der Waals surface area contributed by atoms with Gasteiger partial charge in [0, 0.05) is 12.1 Å². The highest BCUT2D eigenvalue weighted by molar-refractivity contribution is 6.03. The summed E-state index contributed by atoms with van der Waals surface area (Å²) in [6, 6.07) is 8.11. The van der Waals surface area contributed by atoms with E-state index >= 15 is 0 Å². The number of amides is 1. The van der Waals surface area contributed by atoms with Crippen LogP contribution in [0.25, 0.3) is 0 Å². The van der Waals surface area contributed by atoms with Crippen LogP contribution < -0.4 is 10.6 Å². The Kier molecular flexibility index (Phi) is 5.74. The summed E-state index contributed by atoms with van der Waals surface area (Å²) in [4.78, 5) is 16.2. The Morgan fingerprint density at radius 3 is 2.38 bits per heavy atom. The first-order valence-corrected chi connectivity index (χ1v) is 8.11. The van der Waals surface area contributed by atoms with Crippen LogP contribution in [0.4, 0.5) is 11.5 Å². The van der Waals surface area contributed by atoms with E-state index in [0.717, 1.165) is 12.4 Å². The SMILES string of the molecule is C/C=C(\C)C(=O)Nc1ccc(NCc2c(C)cc(C)cc2C)nc1. The van der Waals surface area contributed by atoms with Crippen LogP contribution in [0.15, 0.2) is 42.1 Å². The molecule has 0 aliphatic carbocycles. The van der Waals surface area contributed by atoms with Crippen molar-refractivity contribution >= 4 is 17.4 Å². The quantitative estimate of drug-likeness (QED) is 0.795. The molecule has 2 rings (SSSR count). The molecule has 0 saturated heterocycles. The lowest BCUT2D eigenvalue weighted by molar-refractivity contribution is -0.112. The zero-order chi connectivity index (χ0) is 17.7. The average molecular weight is 323 g/mol. The van der Waals surface area contributed by atoms with Crippen molar-refractivity contribution in [1.82, 2.24) is 4.98 Å². The standard InChI is InChI=1S/C20H25N3O/c1-6-14(3)20(24)23-17-7-8-19(21-11-17)22-12-18-15(4)9-13(2)10-16(18)5/h6-11H,12H2,1-5H3,(H,21,22)(H,23,24)/b14-6+. The molecule has 24 heavy (non-hydrogen) atoms. The maximum Gasteiger partial charge on any atom is 0.251 e. The second kappa shape index (κ2) is 7.77. The topological polar surface area (TPSA) is 54.0 Å². The maximum atomic E-state index is 11.8. The van der Waals surface area contributed by atoms with Crippen LogP contribution in [0.3, 0.4) is 0 Å². The van der Waals surface area contributed by atoms with Crippen LogP contribution in [0.2, 0.25) is 0 Å². The number of hydrogen-bond acceptors (Lipinski definition) is 3. The first-order chi connectivity index (χ1) is 11.4. The molecule has 0 bridgehead atoms. The van der Waals surface area contributed by atoms with Gasteiger partial charge in [0.25, 0.3) is 5.91 Å². The molecule has 1 amide bonds. The Morgan fingerprint density at radius 2 is 1.83 bits per heavy atom. The molecule has 0 aliphatic rings. The second-order valence-corrected chi connectivity index (χ2v) is 6.09. The Morgan fingerprint density at radius 1 is 1.17 bits per heavy atom. The normalized spacial score (nSPS) is 11.3. The zero-order valence-corrected chi connectivity index (χ0v) is 15.0. The summed E-state index contributed by atoms with van der Waals surface area (Å²) in [5.74, 6) is 0.682. The third kappa shape index (κ3) is 4.44. The third-order valence-corrected chi connectivity index (χ3v) is 4.10. The van der Waals surface area contributed by atoms with Crippen LogP contribution in [0.5, 0.6) is 0 Å². The fraction of sp³-hybridized carbons (Fsp3) is 0.300. The number of hydrogen-bond donors (Lipinski definition) is 2. The van der Waals surface area contributed by atoms with Crippen molar-refractivity contribution in [2.75, 3.05) is 10.6 Å². The molecule has 0 atom stereocenters. The number of pyridine rings is 1. The highest BCUT2D eigenvalue weighted by atomic mass is 16.1. The lowest BCUT2D eigenvalue weighted by atomic mass is 10.00. The zero-order valence-electron chi connectivity index (χ0n) is 15.0. The highest BCUT2D eigenvalue weighted by Gasteiger charge is 2.06. The number of nitrogens with zero attached hydrogens (tertiary/aromatic N) is 1. The van der Waals surface area contributed by atoms with E-state index in [2.05, 4.69) is 48.5 Å². The summed E-state index contributed by atoms with van der Waals surface area (Å²) in [6.45, 7) is 10.7. The number of aryl methyl sites for hydroxylation is 3. The summed E-state index contributed by atoms with van der Waals surface area (Å²) in [7, 11) is 0. The molecule has 2 N–H and O–H groups in total. The largest absolute Gasteiger partial charge is 0.366 e. The van der Waals surface area contributed by atoms with Gasteiger partial charge in [0.15, 0.2) is 0 Å². The minimum absolute atomic E-state index is 0.106. The van der Waals surface area contributed by atoms with Crippen LogP contribution >= 0.6 is 0 Å². The molecule has 0 unspecified atom stereocenters. The molecule has 126 valence electrons. The van der Waals surface area contributed by atoms with Crippen LogP contribution in [0.1, 0.15) is 36.1 Å². The summed E-state index contributed by atoms with van der Waals surface area (Å²) in [5, 5.41) is 6.16. The number of anilines is 2. The number of aromatic nitrogens is 1. The number of nitrogens with one attached hydrogen (secondary N) is 2. The molecule has 4 nitrogen and oxygen atoms in total. The van der Waals surface area contributed by atoms with Crippen molar-refractivity contribution in [2.45, 2.75) is 41.2 Å². The number of allylic oxidation sites excluding steroid dienone is 1. The van der Waals surface area contributed by atoms with Crippen molar-refractivity contribution in [1.29, 1.82) is 0 Å². The monoisotopic (exact) mass is 323 g/mol. The first-order valence-electron chi connectivity index (χ1n) is 8.11. The van der Waals surface area contributed by atoms with Gasteiger partial charge >= 0.3 is 0 Å². The van der Waals surface area contributed by atoms with Gasteiger partial charge in [-0.05, 0) is 63.4 Å². The average Bonchev–Trinajstić information content (AvgIpc) is 2.54. The maximum absolute atomic E-state index is 11.8. The second-order valence-electron chi connectivity index (χ2n) is 6.09. The molecule has 1 aromatic heterocycles. The van der Waals surface area contributed by atoms with E-state index in [1.165, 1.54) is 22.3 Å². The molecule has 0 aliphatic heterocycles. The number of rotatable bonds is 5. The number of carbonyl (C=O) groups excluding carboxylic acids is 1. The minimum Gasteiger partial charge on any atom is -0.366 e. The molecule has 2 aromatic rings. The summed E-state index contributed by atoms with van der Waals surface area (Å²) in [5.41, 5.74) is 6.51. The number of carbonyl (C=O) groups is 1. The van der Waals surface area contributed by atoms with Gasteiger partial charge in [-0.3, -0.25) is 4.79 Å². The molecular formula is C20H25N3O. The van der Waals surface area contributed by atoms with E-state index in [9.17, 15) is 4.79 Å². The Labute approximate surface area is 144 Å². The van der Waals surface area contributed by atoms with E-state index in [1.807, 2.05) is 19.1 Å². The fourth-order valence-corrected chi connectivity index (χ4v) is 2.60.